The highest BCUT2D eigenvalue weighted by molar-refractivity contribution is 5.96. The summed E-state index contributed by atoms with van der Waals surface area (Å²) in [5, 5.41) is 0. The van der Waals surface area contributed by atoms with E-state index in [9.17, 15) is 9.59 Å². The molecular formula is C24H30N2O5. The lowest BCUT2D eigenvalue weighted by Crippen LogP contribution is -2.42. The fraction of sp³-hybridized carbons (Fsp3) is 0.417. The van der Waals surface area contributed by atoms with E-state index in [1.54, 1.807) is 42.2 Å². The molecule has 2 amide bonds. The van der Waals surface area contributed by atoms with Crippen LogP contribution in [0.4, 0.5) is 0 Å². The van der Waals surface area contributed by atoms with Gasteiger partial charge in [0.05, 0.1) is 26.9 Å². The molecule has 1 fully saturated rings. The number of carbonyl (C=O) groups is 2. The predicted octanol–water partition coefficient (Wildman–Crippen LogP) is 2.98. The predicted molar refractivity (Wildman–Crippen MR) is 117 cm³/mol. The van der Waals surface area contributed by atoms with Crippen LogP contribution in [-0.2, 0) is 16.1 Å². The standard InChI is InChI=1S/C24H30N2O5/c1-17(2)26-14-22(31-16-18-10-20(29-3)12-21(11-18)30-4)13-25(15-23(26)27)24(28)19-8-6-5-7-9-19/h5-12,17,22H,13-16H2,1-4H3/t22-/m0/s1. The van der Waals surface area contributed by atoms with Gasteiger partial charge in [-0.3, -0.25) is 9.59 Å². The molecule has 0 unspecified atom stereocenters. The number of hydrogen-bond donors (Lipinski definition) is 0. The lowest BCUT2D eigenvalue weighted by Gasteiger charge is -2.27. The van der Waals surface area contributed by atoms with Gasteiger partial charge in [-0.15, -0.1) is 0 Å². The molecule has 1 saturated heterocycles. The molecule has 7 heteroatoms. The lowest BCUT2D eigenvalue weighted by atomic mass is 10.2. The Hall–Kier alpha value is -3.06. The Bertz CT molecular complexity index is 878. The van der Waals surface area contributed by atoms with Crippen LogP contribution in [0.25, 0.3) is 0 Å². The zero-order valence-corrected chi connectivity index (χ0v) is 18.5. The zero-order valence-electron chi connectivity index (χ0n) is 18.5. The molecule has 7 nitrogen and oxygen atoms in total. The summed E-state index contributed by atoms with van der Waals surface area (Å²) in [6.07, 6.45) is -0.321. The summed E-state index contributed by atoms with van der Waals surface area (Å²) in [6, 6.07) is 14.6. The van der Waals surface area contributed by atoms with Gasteiger partial charge in [-0.2, -0.15) is 0 Å². The van der Waals surface area contributed by atoms with E-state index in [4.69, 9.17) is 14.2 Å². The molecule has 0 bridgehead atoms. The Balaban J connectivity index is 1.78. The summed E-state index contributed by atoms with van der Waals surface area (Å²) in [5.41, 5.74) is 1.45. The summed E-state index contributed by atoms with van der Waals surface area (Å²) in [5.74, 6) is 1.11. The van der Waals surface area contributed by atoms with Crippen LogP contribution in [0.1, 0.15) is 29.8 Å². The average Bonchev–Trinajstić information content (AvgIpc) is 2.96. The van der Waals surface area contributed by atoms with Gasteiger partial charge in [0.15, 0.2) is 0 Å². The van der Waals surface area contributed by atoms with Gasteiger partial charge in [0.1, 0.15) is 18.0 Å². The number of benzene rings is 2. The summed E-state index contributed by atoms with van der Waals surface area (Å²) < 4.78 is 16.8. The van der Waals surface area contributed by atoms with E-state index in [1.807, 2.05) is 44.2 Å². The fourth-order valence-electron chi connectivity index (χ4n) is 3.63. The number of carbonyl (C=O) groups excluding carboxylic acids is 2. The average molecular weight is 427 g/mol. The van der Waals surface area contributed by atoms with Gasteiger partial charge in [-0.05, 0) is 43.7 Å². The van der Waals surface area contributed by atoms with Gasteiger partial charge < -0.3 is 24.0 Å². The molecule has 2 aromatic carbocycles. The van der Waals surface area contributed by atoms with Crippen molar-refractivity contribution in [1.82, 2.24) is 9.80 Å². The van der Waals surface area contributed by atoms with Crippen molar-refractivity contribution in [2.24, 2.45) is 0 Å². The van der Waals surface area contributed by atoms with Crippen molar-refractivity contribution >= 4 is 11.8 Å². The first-order valence-electron chi connectivity index (χ1n) is 10.4. The van der Waals surface area contributed by atoms with Crippen LogP contribution in [0.3, 0.4) is 0 Å². The number of rotatable bonds is 7. The van der Waals surface area contributed by atoms with Crippen LogP contribution in [0.2, 0.25) is 0 Å². The molecule has 2 aromatic rings. The summed E-state index contributed by atoms with van der Waals surface area (Å²) in [7, 11) is 3.20. The second-order valence-corrected chi connectivity index (χ2v) is 7.85. The Kier molecular flexibility index (Phi) is 7.52. The lowest BCUT2D eigenvalue weighted by molar-refractivity contribution is -0.133. The molecule has 31 heavy (non-hydrogen) atoms. The molecule has 0 aliphatic carbocycles. The van der Waals surface area contributed by atoms with Crippen molar-refractivity contribution in [3.8, 4) is 11.5 Å². The number of hydrogen-bond acceptors (Lipinski definition) is 5. The molecule has 1 aliphatic rings. The van der Waals surface area contributed by atoms with Gasteiger partial charge in [0.2, 0.25) is 5.91 Å². The Labute approximate surface area is 183 Å². The zero-order chi connectivity index (χ0) is 22.4. The van der Waals surface area contributed by atoms with Crippen molar-refractivity contribution < 1.29 is 23.8 Å². The third kappa shape index (κ3) is 5.76. The summed E-state index contributed by atoms with van der Waals surface area (Å²) >= 11 is 0. The summed E-state index contributed by atoms with van der Waals surface area (Å²) in [6.45, 7) is 5.05. The van der Waals surface area contributed by atoms with E-state index in [0.29, 0.717) is 36.8 Å². The van der Waals surface area contributed by atoms with Crippen molar-refractivity contribution in [2.45, 2.75) is 32.6 Å². The number of amides is 2. The van der Waals surface area contributed by atoms with Crippen LogP contribution in [0, 0.1) is 0 Å². The molecule has 1 aliphatic heterocycles. The van der Waals surface area contributed by atoms with Crippen molar-refractivity contribution in [3.63, 3.8) is 0 Å². The second kappa shape index (κ2) is 10.3. The van der Waals surface area contributed by atoms with Crippen LogP contribution in [0.5, 0.6) is 11.5 Å². The monoisotopic (exact) mass is 426 g/mol. The largest absolute Gasteiger partial charge is 0.497 e. The number of ether oxygens (including phenoxy) is 3. The van der Waals surface area contributed by atoms with Gasteiger partial charge in [0, 0.05) is 30.8 Å². The molecule has 1 atom stereocenters. The molecule has 1 heterocycles. The van der Waals surface area contributed by atoms with E-state index >= 15 is 0 Å². The Morgan fingerprint density at radius 2 is 1.68 bits per heavy atom. The smallest absolute Gasteiger partial charge is 0.254 e. The second-order valence-electron chi connectivity index (χ2n) is 7.85. The van der Waals surface area contributed by atoms with Crippen molar-refractivity contribution in [3.05, 3.63) is 59.7 Å². The fourth-order valence-corrected chi connectivity index (χ4v) is 3.63. The highest BCUT2D eigenvalue weighted by Crippen LogP contribution is 2.24. The Morgan fingerprint density at radius 1 is 1.03 bits per heavy atom. The molecule has 3 rings (SSSR count). The van der Waals surface area contributed by atoms with Gasteiger partial charge >= 0.3 is 0 Å². The quantitative estimate of drug-likeness (QED) is 0.681. The van der Waals surface area contributed by atoms with E-state index in [-0.39, 0.29) is 30.5 Å². The minimum Gasteiger partial charge on any atom is -0.497 e. The first-order valence-corrected chi connectivity index (χ1v) is 10.4. The molecule has 0 N–H and O–H groups in total. The SMILES string of the molecule is COc1cc(CO[C@H]2CN(C(=O)c3ccccc3)CC(=O)N(C(C)C)C2)cc(OC)c1. The van der Waals surface area contributed by atoms with Crippen LogP contribution < -0.4 is 9.47 Å². The maximum Gasteiger partial charge on any atom is 0.254 e. The number of methoxy groups -OCH3 is 2. The molecule has 0 spiro atoms. The third-order valence-corrected chi connectivity index (χ3v) is 5.30. The molecule has 0 radical (unpaired) electrons. The minimum absolute atomic E-state index is 0.0160. The molecule has 0 aromatic heterocycles. The highest BCUT2D eigenvalue weighted by Gasteiger charge is 2.32. The van der Waals surface area contributed by atoms with Crippen LogP contribution in [0.15, 0.2) is 48.5 Å². The maximum absolute atomic E-state index is 13.0. The molecule has 166 valence electrons. The number of nitrogens with zero attached hydrogens (tertiary/aromatic N) is 2. The Morgan fingerprint density at radius 3 is 2.26 bits per heavy atom. The highest BCUT2D eigenvalue weighted by atomic mass is 16.5. The molecule has 0 saturated carbocycles. The van der Waals surface area contributed by atoms with Crippen molar-refractivity contribution in [1.29, 1.82) is 0 Å². The maximum atomic E-state index is 13.0. The van der Waals surface area contributed by atoms with E-state index in [1.165, 1.54) is 0 Å². The van der Waals surface area contributed by atoms with E-state index < -0.39 is 0 Å². The first-order chi connectivity index (χ1) is 14.9. The van der Waals surface area contributed by atoms with Gasteiger partial charge in [-0.25, -0.2) is 0 Å². The van der Waals surface area contributed by atoms with E-state index in [0.717, 1.165) is 5.56 Å². The van der Waals surface area contributed by atoms with E-state index in [2.05, 4.69) is 0 Å². The summed E-state index contributed by atoms with van der Waals surface area (Å²) in [4.78, 5) is 29.2. The van der Waals surface area contributed by atoms with Crippen molar-refractivity contribution in [2.75, 3.05) is 33.9 Å². The van der Waals surface area contributed by atoms with Gasteiger partial charge in [0.25, 0.3) is 5.91 Å². The normalized spacial score (nSPS) is 16.9. The molecular weight excluding hydrogens is 396 g/mol. The minimum atomic E-state index is -0.321. The third-order valence-electron chi connectivity index (χ3n) is 5.30. The topological polar surface area (TPSA) is 68.3 Å². The van der Waals surface area contributed by atoms with Gasteiger partial charge in [-0.1, -0.05) is 18.2 Å². The van der Waals surface area contributed by atoms with Crippen LogP contribution in [-0.4, -0.2) is 67.6 Å². The van der Waals surface area contributed by atoms with Crippen LogP contribution >= 0.6 is 0 Å². The first kappa shape index (κ1) is 22.6.